The Hall–Kier alpha value is -3.72. The molecule has 0 atom stereocenters. The van der Waals surface area contributed by atoms with Gasteiger partial charge in [-0.05, 0) is 12.1 Å². The van der Waals surface area contributed by atoms with Crippen molar-refractivity contribution in [2.75, 3.05) is 33.4 Å². The van der Waals surface area contributed by atoms with E-state index in [0.29, 0.717) is 36.2 Å². The molecule has 3 N–H and O–H groups in total. The Morgan fingerprint density at radius 1 is 1.33 bits per heavy atom. The molecule has 0 aliphatic carbocycles. The lowest BCUT2D eigenvalue weighted by atomic mass is 10.1. The molecule has 4 rings (SSSR count). The highest BCUT2D eigenvalue weighted by molar-refractivity contribution is 6.02. The molecule has 9 nitrogen and oxygen atoms in total. The zero-order chi connectivity index (χ0) is 20.9. The van der Waals surface area contributed by atoms with Gasteiger partial charge in [0.15, 0.2) is 0 Å². The van der Waals surface area contributed by atoms with Crippen molar-refractivity contribution in [2.45, 2.75) is 0 Å². The molecular weight excluding hydrogens is 382 g/mol. The maximum atomic E-state index is 6.44. The summed E-state index contributed by atoms with van der Waals surface area (Å²) in [5, 5.41) is 8.33. The maximum absolute atomic E-state index is 6.44. The molecule has 3 heterocycles. The van der Waals surface area contributed by atoms with Gasteiger partial charge in [0.05, 0.1) is 49.6 Å². The maximum Gasteiger partial charge on any atom is 0.232 e. The van der Waals surface area contributed by atoms with E-state index in [1.54, 1.807) is 19.5 Å². The smallest absolute Gasteiger partial charge is 0.232 e. The molecule has 1 aliphatic rings. The summed E-state index contributed by atoms with van der Waals surface area (Å²) in [6.45, 7) is 6.51. The van der Waals surface area contributed by atoms with Crippen molar-refractivity contribution in [3.8, 4) is 17.1 Å². The number of hydrogen-bond donors (Lipinski definition) is 2. The van der Waals surface area contributed by atoms with Gasteiger partial charge in [0.25, 0.3) is 0 Å². The summed E-state index contributed by atoms with van der Waals surface area (Å²) >= 11 is 0. The average Bonchev–Trinajstić information content (AvgIpc) is 3.23. The SMILES string of the molecule is C=C/N=C(\C=C(/N)c1n[nH]c2ccc(-c3cncc(OC)n3)cc12)N1CCOCC1. The molecule has 154 valence electrons. The van der Waals surface area contributed by atoms with E-state index in [-0.39, 0.29) is 0 Å². The van der Waals surface area contributed by atoms with Crippen molar-refractivity contribution >= 4 is 22.4 Å². The van der Waals surface area contributed by atoms with Crippen molar-refractivity contribution in [2.24, 2.45) is 10.7 Å². The molecule has 0 unspecified atom stereocenters. The molecule has 3 aromatic rings. The number of rotatable bonds is 5. The van der Waals surface area contributed by atoms with Crippen molar-refractivity contribution in [1.29, 1.82) is 0 Å². The van der Waals surface area contributed by atoms with Gasteiger partial charge in [0.2, 0.25) is 5.88 Å². The topological polar surface area (TPSA) is 115 Å². The molecule has 30 heavy (non-hydrogen) atoms. The number of nitrogens with two attached hydrogens (primary N) is 1. The first kappa shape index (κ1) is 19.6. The van der Waals surface area contributed by atoms with Crippen LogP contribution in [0, 0.1) is 0 Å². The number of aliphatic imine (C=N–C) groups is 1. The van der Waals surface area contributed by atoms with Crippen LogP contribution in [0.5, 0.6) is 5.88 Å². The van der Waals surface area contributed by atoms with Crippen molar-refractivity contribution in [3.63, 3.8) is 0 Å². The largest absolute Gasteiger partial charge is 0.480 e. The molecule has 0 radical (unpaired) electrons. The molecule has 0 amide bonds. The van der Waals surface area contributed by atoms with Gasteiger partial charge in [-0.25, -0.2) is 9.98 Å². The molecule has 2 aromatic heterocycles. The van der Waals surface area contributed by atoms with E-state index in [2.05, 4.69) is 36.6 Å². The van der Waals surface area contributed by atoms with Gasteiger partial charge in [0.1, 0.15) is 11.5 Å². The number of H-pyrrole nitrogens is 1. The first-order valence-corrected chi connectivity index (χ1v) is 9.53. The van der Waals surface area contributed by atoms with Crippen LogP contribution in [0.1, 0.15) is 5.69 Å². The lowest BCUT2D eigenvalue weighted by Gasteiger charge is -2.28. The number of aromatic amines is 1. The van der Waals surface area contributed by atoms with Gasteiger partial charge >= 0.3 is 0 Å². The fourth-order valence-corrected chi connectivity index (χ4v) is 3.28. The Bertz CT molecular complexity index is 1110. The van der Waals surface area contributed by atoms with Crippen LogP contribution in [0.3, 0.4) is 0 Å². The third-order valence-electron chi connectivity index (χ3n) is 4.80. The number of amidine groups is 1. The summed E-state index contributed by atoms with van der Waals surface area (Å²) in [7, 11) is 1.56. The average molecular weight is 405 g/mol. The number of morpholine rings is 1. The number of benzene rings is 1. The van der Waals surface area contributed by atoms with Gasteiger partial charge in [-0.1, -0.05) is 12.6 Å². The summed E-state index contributed by atoms with van der Waals surface area (Å²) in [5.74, 6) is 1.19. The van der Waals surface area contributed by atoms with Gasteiger partial charge < -0.3 is 20.1 Å². The molecule has 1 fully saturated rings. The van der Waals surface area contributed by atoms with E-state index in [4.69, 9.17) is 15.2 Å². The van der Waals surface area contributed by atoms with Crippen molar-refractivity contribution in [1.82, 2.24) is 25.1 Å². The van der Waals surface area contributed by atoms with E-state index in [0.717, 1.165) is 35.4 Å². The first-order valence-electron chi connectivity index (χ1n) is 9.53. The quantitative estimate of drug-likeness (QED) is 0.494. The minimum atomic E-state index is 0.454. The van der Waals surface area contributed by atoms with Crippen LogP contribution < -0.4 is 10.5 Å². The van der Waals surface area contributed by atoms with E-state index in [1.807, 2.05) is 24.3 Å². The molecule has 9 heteroatoms. The number of nitrogens with one attached hydrogen (secondary N) is 1. The zero-order valence-electron chi connectivity index (χ0n) is 16.7. The third kappa shape index (κ3) is 4.01. The second kappa shape index (κ2) is 8.75. The van der Waals surface area contributed by atoms with Crippen LogP contribution in [0.4, 0.5) is 0 Å². The van der Waals surface area contributed by atoms with E-state index in [1.165, 1.54) is 6.20 Å². The number of nitrogens with zero attached hydrogens (tertiary/aromatic N) is 5. The Morgan fingerprint density at radius 2 is 2.17 bits per heavy atom. The summed E-state index contributed by atoms with van der Waals surface area (Å²) in [4.78, 5) is 15.1. The summed E-state index contributed by atoms with van der Waals surface area (Å²) in [6.07, 6.45) is 6.59. The summed E-state index contributed by atoms with van der Waals surface area (Å²) < 4.78 is 10.6. The molecule has 1 aliphatic heterocycles. The minimum Gasteiger partial charge on any atom is -0.480 e. The standard InChI is InChI=1S/C21H23N7O2/c1-3-24-19(28-6-8-30-9-7-28)11-16(22)21-15-10-14(4-5-17(15)26-27-21)18-12-23-13-20(25-18)29-2/h3-5,10-13H,1,6-9,22H2,2H3,(H,26,27)/b16-11-,24-19+. The van der Waals surface area contributed by atoms with Gasteiger partial charge in [-0.15, -0.1) is 0 Å². The Morgan fingerprint density at radius 3 is 2.93 bits per heavy atom. The van der Waals surface area contributed by atoms with Crippen LogP contribution in [0.25, 0.3) is 27.9 Å². The first-order chi connectivity index (χ1) is 14.7. The highest BCUT2D eigenvalue weighted by Crippen LogP contribution is 2.27. The molecule has 0 bridgehead atoms. The van der Waals surface area contributed by atoms with Crippen LogP contribution in [-0.2, 0) is 4.74 Å². The number of methoxy groups -OCH3 is 1. The predicted octanol–water partition coefficient (Wildman–Crippen LogP) is 2.20. The van der Waals surface area contributed by atoms with E-state index < -0.39 is 0 Å². The Labute approximate surface area is 173 Å². The second-order valence-electron chi connectivity index (χ2n) is 6.65. The third-order valence-corrected chi connectivity index (χ3v) is 4.80. The summed E-state index contributed by atoms with van der Waals surface area (Å²) in [5.41, 5.74) is 10.0. The fraction of sp³-hybridized carbons (Fsp3) is 0.238. The van der Waals surface area contributed by atoms with Crippen LogP contribution in [-0.4, -0.2) is 64.3 Å². The normalized spacial score (nSPS) is 15.4. The molecule has 1 aromatic carbocycles. The lowest BCUT2D eigenvalue weighted by molar-refractivity contribution is 0.0684. The van der Waals surface area contributed by atoms with E-state index >= 15 is 0 Å². The molecule has 0 saturated carbocycles. The highest BCUT2D eigenvalue weighted by atomic mass is 16.5. The van der Waals surface area contributed by atoms with Gasteiger partial charge in [0, 0.05) is 36.3 Å². The van der Waals surface area contributed by atoms with Crippen molar-refractivity contribution in [3.05, 3.63) is 55.1 Å². The molecule has 0 spiro atoms. The van der Waals surface area contributed by atoms with Crippen LogP contribution in [0.15, 0.2) is 54.4 Å². The monoisotopic (exact) mass is 405 g/mol. The predicted molar refractivity (Wildman–Crippen MR) is 116 cm³/mol. The lowest BCUT2D eigenvalue weighted by Crippen LogP contribution is -2.40. The molecular formula is C21H23N7O2. The summed E-state index contributed by atoms with van der Waals surface area (Å²) in [6, 6.07) is 5.87. The molecule has 1 saturated heterocycles. The van der Waals surface area contributed by atoms with Gasteiger partial charge in [-0.3, -0.25) is 10.1 Å². The number of hydrogen-bond acceptors (Lipinski definition) is 7. The zero-order valence-corrected chi connectivity index (χ0v) is 16.7. The minimum absolute atomic E-state index is 0.454. The van der Waals surface area contributed by atoms with Crippen LogP contribution in [0.2, 0.25) is 0 Å². The van der Waals surface area contributed by atoms with Crippen molar-refractivity contribution < 1.29 is 9.47 Å². The second-order valence-corrected chi connectivity index (χ2v) is 6.65. The Kier molecular flexibility index (Phi) is 5.71. The van der Waals surface area contributed by atoms with E-state index in [9.17, 15) is 0 Å². The Balaban J connectivity index is 1.71. The van der Waals surface area contributed by atoms with Crippen LogP contribution >= 0.6 is 0 Å². The fourth-order valence-electron chi connectivity index (χ4n) is 3.28. The highest BCUT2D eigenvalue weighted by Gasteiger charge is 2.16. The van der Waals surface area contributed by atoms with Gasteiger partial charge in [-0.2, -0.15) is 5.10 Å². The number of ether oxygens (including phenoxy) is 2. The number of aromatic nitrogens is 4. The number of fused-ring (bicyclic) bond motifs is 1.